The van der Waals surface area contributed by atoms with E-state index in [2.05, 4.69) is 48.8 Å². The molecule has 53 heavy (non-hydrogen) atoms. The van der Waals surface area contributed by atoms with Crippen molar-refractivity contribution in [2.45, 2.75) is 63.6 Å². The number of carbonyl (C=O) groups is 4. The number of primary amides is 1. The Morgan fingerprint density at radius 2 is 1.89 bits per heavy atom. The second kappa shape index (κ2) is 13.1. The summed E-state index contributed by atoms with van der Waals surface area (Å²) >= 11 is 0. The highest BCUT2D eigenvalue weighted by molar-refractivity contribution is 6.02. The number of amides is 5. The van der Waals surface area contributed by atoms with E-state index >= 15 is 0 Å². The average Bonchev–Trinajstić information content (AvgIpc) is 3.93. The summed E-state index contributed by atoms with van der Waals surface area (Å²) in [5, 5.41) is 10.9. The van der Waals surface area contributed by atoms with Gasteiger partial charge in [0.25, 0.3) is 5.91 Å². The first-order valence-corrected chi connectivity index (χ1v) is 18.5. The second-order valence-electron chi connectivity index (χ2n) is 15.1. The number of hydrogen-bond donors (Lipinski definition) is 3. The molecule has 5 aliphatic rings. The predicted octanol–water partition coefficient (Wildman–Crippen LogP) is 3.05. The molecule has 3 atom stereocenters. The van der Waals surface area contributed by atoms with Crippen molar-refractivity contribution < 1.29 is 23.7 Å². The highest BCUT2D eigenvalue weighted by Gasteiger charge is 2.36. The molecule has 0 radical (unpaired) electrons. The van der Waals surface area contributed by atoms with E-state index in [1.165, 1.54) is 16.7 Å². The van der Waals surface area contributed by atoms with Crippen LogP contribution in [0.25, 0.3) is 11.0 Å². The molecule has 2 aromatic carbocycles. The number of likely N-dealkylation sites (N-methyl/N-ethyl adjacent to an activating group) is 1. The normalized spacial score (nSPS) is 23.2. The molecule has 4 aromatic rings. The van der Waals surface area contributed by atoms with Crippen LogP contribution in [-0.4, -0.2) is 99.4 Å². The van der Waals surface area contributed by atoms with Crippen LogP contribution in [-0.2, 0) is 35.5 Å². The van der Waals surface area contributed by atoms with E-state index in [1.807, 2.05) is 24.1 Å². The van der Waals surface area contributed by atoms with E-state index in [0.29, 0.717) is 42.6 Å². The molecule has 1 aliphatic carbocycles. The third-order valence-electron chi connectivity index (χ3n) is 11.6. The third-order valence-corrected chi connectivity index (χ3v) is 11.6. The predicted molar refractivity (Wildman–Crippen MR) is 194 cm³/mol. The number of rotatable bonds is 8. The highest BCUT2D eigenvalue weighted by atomic mass is 16.5. The smallest absolute Gasteiger partial charge is 0.320 e. The van der Waals surface area contributed by atoms with Gasteiger partial charge in [0.15, 0.2) is 17.1 Å². The van der Waals surface area contributed by atoms with Crippen molar-refractivity contribution in [1.82, 2.24) is 35.1 Å². The van der Waals surface area contributed by atoms with Crippen molar-refractivity contribution in [2.75, 3.05) is 50.0 Å². The lowest BCUT2D eigenvalue weighted by molar-refractivity contribution is -0.134. The fourth-order valence-electron chi connectivity index (χ4n) is 8.94. The van der Waals surface area contributed by atoms with Gasteiger partial charge < -0.3 is 30.3 Å². The van der Waals surface area contributed by atoms with Gasteiger partial charge in [-0.1, -0.05) is 17.3 Å². The summed E-state index contributed by atoms with van der Waals surface area (Å²) in [7, 11) is 1.83. The van der Waals surface area contributed by atoms with E-state index in [1.54, 1.807) is 11.1 Å². The maximum absolute atomic E-state index is 12.7. The van der Waals surface area contributed by atoms with Crippen LogP contribution >= 0.6 is 0 Å². The van der Waals surface area contributed by atoms with E-state index in [4.69, 9.17) is 15.2 Å². The molecule has 3 saturated heterocycles. The van der Waals surface area contributed by atoms with E-state index in [9.17, 15) is 19.2 Å². The van der Waals surface area contributed by atoms with Gasteiger partial charge in [-0.05, 0) is 72.9 Å². The van der Waals surface area contributed by atoms with Crippen molar-refractivity contribution in [3.8, 4) is 0 Å². The number of nitrogens with one attached hydrogen (secondary N) is 2. The van der Waals surface area contributed by atoms with E-state index in [0.717, 1.165) is 87.2 Å². The van der Waals surface area contributed by atoms with Crippen LogP contribution < -0.4 is 21.3 Å². The van der Waals surface area contributed by atoms with Crippen LogP contribution in [0.1, 0.15) is 70.0 Å². The maximum Gasteiger partial charge on any atom is 0.320 e. The van der Waals surface area contributed by atoms with Gasteiger partial charge in [-0.3, -0.25) is 24.6 Å². The molecular weight excluding hydrogens is 676 g/mol. The SMILES string of the molecule is CN1CCN([C@@H]2CCCN(c3cnc(C(N)=O)c(Nc4ccc5c(c4)CN(C[C@H]4Cc6ccc7c(C8CCC(=O)NC8=O)noc7c6C4)C5)n3)C2)C1=O. The zero-order valence-electron chi connectivity index (χ0n) is 29.6. The molecule has 274 valence electrons. The monoisotopic (exact) mass is 718 g/mol. The largest absolute Gasteiger partial charge is 0.364 e. The summed E-state index contributed by atoms with van der Waals surface area (Å²) in [6.07, 6.45) is 5.99. The van der Waals surface area contributed by atoms with Crippen LogP contribution in [0.15, 0.2) is 41.1 Å². The molecule has 15 heteroatoms. The van der Waals surface area contributed by atoms with Gasteiger partial charge in [-0.15, -0.1) is 0 Å². The number of benzene rings is 2. The molecule has 3 fully saturated rings. The number of piperidine rings is 2. The molecule has 5 amide bonds. The van der Waals surface area contributed by atoms with Crippen LogP contribution in [0.5, 0.6) is 0 Å². The standard InChI is InChI=1S/C38H42N10O5/c1-45-11-12-48(38(45)52)26-3-2-10-47(20-26)30-16-40-33(35(39)50)36(42-30)41-25-6-4-23-18-46(19-24(23)15-25)17-21-13-22-5-7-27-32(44-53-34(27)29(22)14-21)28-8-9-31(49)43-37(28)51/h4-7,15-16,21,26,28H,2-3,8-14,17-20H2,1H3,(H2,39,50)(H,41,42)(H,43,49,51)/t21-,26+,28?/m0/s1. The number of fused-ring (bicyclic) bond motifs is 4. The number of imide groups is 1. The van der Waals surface area contributed by atoms with Crippen LogP contribution in [0.3, 0.4) is 0 Å². The molecule has 4 aliphatic heterocycles. The molecule has 1 unspecified atom stereocenters. The van der Waals surface area contributed by atoms with Gasteiger partial charge in [0.2, 0.25) is 11.8 Å². The van der Waals surface area contributed by atoms with Crippen molar-refractivity contribution in [1.29, 1.82) is 0 Å². The summed E-state index contributed by atoms with van der Waals surface area (Å²) in [5.41, 5.74) is 12.9. The Labute approximate surface area is 305 Å². The molecule has 0 bridgehead atoms. The van der Waals surface area contributed by atoms with Gasteiger partial charge in [0.05, 0.1) is 18.2 Å². The lowest BCUT2D eigenvalue weighted by Gasteiger charge is -2.37. The van der Waals surface area contributed by atoms with Gasteiger partial charge >= 0.3 is 6.03 Å². The number of urea groups is 1. The van der Waals surface area contributed by atoms with Crippen molar-refractivity contribution in [2.24, 2.45) is 11.7 Å². The Balaban J connectivity index is 0.865. The molecule has 4 N–H and O–H groups in total. The fourth-order valence-corrected chi connectivity index (χ4v) is 8.94. The Kier molecular flexibility index (Phi) is 8.24. The number of nitrogens with zero attached hydrogens (tertiary/aromatic N) is 7. The van der Waals surface area contributed by atoms with E-state index < -0.39 is 11.8 Å². The quantitative estimate of drug-likeness (QED) is 0.228. The topological polar surface area (TPSA) is 183 Å². The average molecular weight is 719 g/mol. The summed E-state index contributed by atoms with van der Waals surface area (Å²) in [6, 6.07) is 10.5. The molecule has 2 aromatic heterocycles. The Hall–Kier alpha value is -5.57. The lowest BCUT2D eigenvalue weighted by Crippen LogP contribution is -2.49. The zero-order chi connectivity index (χ0) is 36.4. The highest BCUT2D eigenvalue weighted by Crippen LogP contribution is 2.39. The number of carbonyl (C=O) groups excluding carboxylic acids is 4. The molecule has 6 heterocycles. The fraction of sp³-hybridized carbons (Fsp3) is 0.447. The minimum atomic E-state index is -0.659. The number of hydrogen-bond acceptors (Lipinski definition) is 11. The Morgan fingerprint density at radius 3 is 2.70 bits per heavy atom. The van der Waals surface area contributed by atoms with Crippen molar-refractivity contribution in [3.63, 3.8) is 0 Å². The first-order chi connectivity index (χ1) is 25.7. The summed E-state index contributed by atoms with van der Waals surface area (Å²) in [6.45, 7) is 5.43. The number of anilines is 3. The zero-order valence-corrected chi connectivity index (χ0v) is 29.6. The molecular formula is C38H42N10O5. The number of aromatic nitrogens is 3. The van der Waals surface area contributed by atoms with Gasteiger partial charge in [0.1, 0.15) is 11.5 Å². The van der Waals surface area contributed by atoms with Crippen LogP contribution in [0.4, 0.5) is 22.1 Å². The molecule has 9 rings (SSSR count). The third kappa shape index (κ3) is 6.11. The maximum atomic E-state index is 12.7. The molecule has 0 spiro atoms. The van der Waals surface area contributed by atoms with Gasteiger partial charge in [-0.25, -0.2) is 14.8 Å². The summed E-state index contributed by atoms with van der Waals surface area (Å²) < 4.78 is 5.86. The molecule has 0 saturated carbocycles. The van der Waals surface area contributed by atoms with Crippen LogP contribution in [0.2, 0.25) is 0 Å². The number of nitrogens with two attached hydrogens (primary N) is 1. The summed E-state index contributed by atoms with van der Waals surface area (Å²) in [4.78, 5) is 66.9. The first kappa shape index (κ1) is 33.3. The minimum Gasteiger partial charge on any atom is -0.364 e. The van der Waals surface area contributed by atoms with Crippen LogP contribution in [0, 0.1) is 5.92 Å². The van der Waals surface area contributed by atoms with E-state index in [-0.39, 0.29) is 29.6 Å². The van der Waals surface area contributed by atoms with Crippen molar-refractivity contribution in [3.05, 3.63) is 70.2 Å². The first-order valence-electron chi connectivity index (χ1n) is 18.5. The second-order valence-corrected chi connectivity index (χ2v) is 15.1. The Morgan fingerprint density at radius 1 is 1.04 bits per heavy atom. The Bertz CT molecular complexity index is 2170. The molecule has 15 nitrogen and oxygen atoms in total. The van der Waals surface area contributed by atoms with Gasteiger partial charge in [0, 0.05) is 75.9 Å². The van der Waals surface area contributed by atoms with Crippen molar-refractivity contribution >= 4 is 52.0 Å². The lowest BCUT2D eigenvalue weighted by atomic mass is 9.92. The minimum absolute atomic E-state index is 0.0628. The summed E-state index contributed by atoms with van der Waals surface area (Å²) in [5.74, 6) is -0.343. The van der Waals surface area contributed by atoms with Gasteiger partial charge in [-0.2, -0.15) is 0 Å².